The van der Waals surface area contributed by atoms with E-state index in [1.54, 1.807) is 6.07 Å². The van der Waals surface area contributed by atoms with Crippen molar-refractivity contribution in [3.8, 4) is 11.8 Å². The fourth-order valence-corrected chi connectivity index (χ4v) is 1.68. The number of rotatable bonds is 1. The molecule has 1 heterocycles. The topological polar surface area (TPSA) is 53.2 Å². The summed E-state index contributed by atoms with van der Waals surface area (Å²) in [7, 11) is 0. The van der Waals surface area contributed by atoms with Crippen molar-refractivity contribution >= 4 is 0 Å². The van der Waals surface area contributed by atoms with Gasteiger partial charge < -0.3 is 9.84 Å². The number of nitrogens with zero attached hydrogens (tertiary/aromatic N) is 1. The lowest BCUT2D eigenvalue weighted by Gasteiger charge is -2.26. The molecule has 1 N–H and O–H groups in total. The molecule has 1 aromatic rings. The van der Waals surface area contributed by atoms with E-state index >= 15 is 0 Å². The quantitative estimate of drug-likeness (QED) is 0.708. The lowest BCUT2D eigenvalue weighted by molar-refractivity contribution is 0.0570. The van der Waals surface area contributed by atoms with E-state index in [4.69, 9.17) is 10.00 Å². The minimum atomic E-state index is -1.12. The van der Waals surface area contributed by atoms with Crippen molar-refractivity contribution in [2.45, 2.75) is 25.0 Å². The van der Waals surface area contributed by atoms with E-state index in [9.17, 15) is 9.50 Å². The van der Waals surface area contributed by atoms with Crippen LogP contribution >= 0.6 is 0 Å². The van der Waals surface area contributed by atoms with Gasteiger partial charge in [0.05, 0.1) is 6.07 Å². The first-order chi connectivity index (χ1) is 7.20. The van der Waals surface area contributed by atoms with Crippen molar-refractivity contribution in [3.63, 3.8) is 0 Å². The summed E-state index contributed by atoms with van der Waals surface area (Å²) in [4.78, 5) is 0. The molecule has 1 aromatic carbocycles. The highest BCUT2D eigenvalue weighted by atomic mass is 19.1. The van der Waals surface area contributed by atoms with E-state index in [0.717, 1.165) is 5.56 Å². The van der Waals surface area contributed by atoms with Crippen LogP contribution in [-0.2, 0) is 6.42 Å². The average molecular weight is 207 g/mol. The molecule has 0 bridgehead atoms. The van der Waals surface area contributed by atoms with Gasteiger partial charge in [0.15, 0.2) is 6.10 Å². The number of halogens is 1. The lowest BCUT2D eigenvalue weighted by atomic mass is 9.99. The summed E-state index contributed by atoms with van der Waals surface area (Å²) in [5.41, 5.74) is 0.788. The van der Waals surface area contributed by atoms with Crippen LogP contribution < -0.4 is 4.74 Å². The summed E-state index contributed by atoms with van der Waals surface area (Å²) < 4.78 is 18.3. The number of fused-ring (bicyclic) bond motifs is 1. The molecular formula is C11H10FNO2. The summed E-state index contributed by atoms with van der Waals surface area (Å²) in [5, 5.41) is 17.8. The maximum absolute atomic E-state index is 12.9. The van der Waals surface area contributed by atoms with Crippen molar-refractivity contribution in [1.29, 1.82) is 5.26 Å². The molecule has 4 heteroatoms. The Morgan fingerprint density at radius 1 is 1.60 bits per heavy atom. The minimum absolute atomic E-state index is 0.295. The average Bonchev–Trinajstić information content (AvgIpc) is 2.27. The van der Waals surface area contributed by atoms with Crippen LogP contribution in [0.1, 0.15) is 12.0 Å². The molecule has 0 aromatic heterocycles. The molecule has 78 valence electrons. The van der Waals surface area contributed by atoms with E-state index < -0.39 is 12.2 Å². The second kappa shape index (κ2) is 3.87. The highest BCUT2D eigenvalue weighted by molar-refractivity contribution is 5.36. The van der Waals surface area contributed by atoms with E-state index in [-0.39, 0.29) is 5.82 Å². The van der Waals surface area contributed by atoms with Crippen molar-refractivity contribution in [3.05, 3.63) is 29.6 Å². The van der Waals surface area contributed by atoms with Gasteiger partial charge in [0.1, 0.15) is 17.7 Å². The molecule has 0 spiro atoms. The molecule has 0 unspecified atom stereocenters. The monoisotopic (exact) mass is 207 g/mol. The maximum atomic E-state index is 12.9. The van der Waals surface area contributed by atoms with Crippen LogP contribution in [0.4, 0.5) is 4.39 Å². The molecule has 0 amide bonds. The van der Waals surface area contributed by atoms with Crippen LogP contribution in [0.3, 0.4) is 0 Å². The predicted molar refractivity (Wildman–Crippen MR) is 50.8 cm³/mol. The van der Waals surface area contributed by atoms with Crippen LogP contribution in [0.5, 0.6) is 5.75 Å². The molecule has 0 saturated carbocycles. The number of hydrogen-bond acceptors (Lipinski definition) is 3. The number of aliphatic hydroxyl groups excluding tert-OH is 1. The SMILES string of the molecule is N#C[C@@H](O)[C@H]1CCc2cc(F)ccc2O1. The zero-order valence-corrected chi connectivity index (χ0v) is 7.98. The fourth-order valence-electron chi connectivity index (χ4n) is 1.68. The second-order valence-corrected chi connectivity index (χ2v) is 3.52. The van der Waals surface area contributed by atoms with Crippen LogP contribution in [0.15, 0.2) is 18.2 Å². The minimum Gasteiger partial charge on any atom is -0.486 e. The Bertz CT molecular complexity index is 414. The second-order valence-electron chi connectivity index (χ2n) is 3.52. The van der Waals surface area contributed by atoms with Gasteiger partial charge in [-0.3, -0.25) is 0 Å². The Hall–Kier alpha value is -1.60. The number of benzene rings is 1. The van der Waals surface area contributed by atoms with Gasteiger partial charge >= 0.3 is 0 Å². The Balaban J connectivity index is 2.21. The Morgan fingerprint density at radius 2 is 2.40 bits per heavy atom. The van der Waals surface area contributed by atoms with Crippen molar-refractivity contribution in [2.75, 3.05) is 0 Å². The van der Waals surface area contributed by atoms with Crippen LogP contribution in [0.25, 0.3) is 0 Å². The predicted octanol–water partition coefficient (Wildman–Crippen LogP) is 1.40. The van der Waals surface area contributed by atoms with Gasteiger partial charge in [-0.15, -0.1) is 0 Å². The van der Waals surface area contributed by atoms with Crippen molar-refractivity contribution < 1.29 is 14.2 Å². The lowest BCUT2D eigenvalue weighted by Crippen LogP contribution is -2.33. The first kappa shape index (κ1) is 9.94. The zero-order chi connectivity index (χ0) is 10.8. The summed E-state index contributed by atoms with van der Waals surface area (Å²) in [6.07, 6.45) is -0.474. The van der Waals surface area contributed by atoms with Gasteiger partial charge in [0, 0.05) is 0 Å². The van der Waals surface area contributed by atoms with E-state index in [1.807, 2.05) is 0 Å². The largest absolute Gasteiger partial charge is 0.486 e. The van der Waals surface area contributed by atoms with Gasteiger partial charge in [-0.25, -0.2) is 4.39 Å². The Morgan fingerprint density at radius 3 is 3.13 bits per heavy atom. The van der Waals surface area contributed by atoms with Crippen LogP contribution in [0.2, 0.25) is 0 Å². The van der Waals surface area contributed by atoms with Crippen LogP contribution in [-0.4, -0.2) is 17.3 Å². The molecule has 3 nitrogen and oxygen atoms in total. The standard InChI is InChI=1S/C11H10FNO2/c12-8-2-4-10-7(5-8)1-3-11(15-10)9(14)6-13/h2,4-5,9,11,14H,1,3H2/t9-,11-/m1/s1. The van der Waals surface area contributed by atoms with Gasteiger partial charge in [0.25, 0.3) is 0 Å². The normalized spacial score (nSPS) is 21.0. The van der Waals surface area contributed by atoms with Gasteiger partial charge in [-0.2, -0.15) is 5.26 Å². The van der Waals surface area contributed by atoms with E-state index in [1.165, 1.54) is 18.2 Å². The zero-order valence-electron chi connectivity index (χ0n) is 7.98. The Labute approximate surface area is 86.7 Å². The van der Waals surface area contributed by atoms with E-state index in [2.05, 4.69) is 0 Å². The molecule has 0 radical (unpaired) electrons. The summed E-state index contributed by atoms with van der Waals surface area (Å²) in [6.45, 7) is 0. The molecule has 1 aliphatic rings. The summed E-state index contributed by atoms with van der Waals surface area (Å²) in [5.74, 6) is 0.263. The highest BCUT2D eigenvalue weighted by Gasteiger charge is 2.26. The molecule has 15 heavy (non-hydrogen) atoms. The number of aryl methyl sites for hydroxylation is 1. The van der Waals surface area contributed by atoms with Crippen molar-refractivity contribution in [1.82, 2.24) is 0 Å². The molecular weight excluding hydrogens is 197 g/mol. The maximum Gasteiger partial charge on any atom is 0.177 e. The van der Waals surface area contributed by atoms with Crippen LogP contribution in [0, 0.1) is 17.1 Å². The molecule has 2 atom stereocenters. The Kier molecular flexibility index (Phi) is 2.57. The third kappa shape index (κ3) is 1.92. The molecule has 2 rings (SSSR count). The number of aliphatic hydroxyl groups is 1. The third-order valence-electron chi connectivity index (χ3n) is 2.48. The molecule has 0 saturated heterocycles. The summed E-state index contributed by atoms with van der Waals surface area (Å²) in [6, 6.07) is 5.99. The smallest absolute Gasteiger partial charge is 0.177 e. The number of nitriles is 1. The van der Waals surface area contributed by atoms with E-state index in [0.29, 0.717) is 18.6 Å². The van der Waals surface area contributed by atoms with Crippen molar-refractivity contribution in [2.24, 2.45) is 0 Å². The first-order valence-corrected chi connectivity index (χ1v) is 4.73. The fraction of sp³-hybridized carbons (Fsp3) is 0.364. The molecule has 0 fully saturated rings. The highest BCUT2D eigenvalue weighted by Crippen LogP contribution is 2.29. The van der Waals surface area contributed by atoms with Gasteiger partial charge in [-0.05, 0) is 36.6 Å². The third-order valence-corrected chi connectivity index (χ3v) is 2.48. The van der Waals surface area contributed by atoms with Gasteiger partial charge in [0.2, 0.25) is 0 Å². The van der Waals surface area contributed by atoms with Gasteiger partial charge in [-0.1, -0.05) is 0 Å². The summed E-state index contributed by atoms with van der Waals surface area (Å²) >= 11 is 0. The first-order valence-electron chi connectivity index (χ1n) is 4.73. The number of hydrogen-bond donors (Lipinski definition) is 1. The molecule has 0 aliphatic carbocycles. The molecule has 1 aliphatic heterocycles. The number of ether oxygens (including phenoxy) is 1.